The molecule has 32 heavy (non-hydrogen) atoms. The molecule has 1 aliphatic heterocycles. The van der Waals surface area contributed by atoms with E-state index in [1.165, 1.54) is 43.4 Å². The third kappa shape index (κ3) is 3.54. The number of nitrogens with zero attached hydrogens (tertiary/aromatic N) is 1. The standard InChI is InChI=1S/C25H21NO6/c1-31-19-13-8-16(14-20(19)32-2)22-21(23(28)15-6-4-3-5-7-15)24(29)25(30)26(22)17-9-11-18(27)12-10-17/h3-14,22,27-28H,1-2H3/b23-21+/t22-/m1/s1. The van der Waals surface area contributed by atoms with E-state index < -0.39 is 17.7 Å². The first-order valence-corrected chi connectivity index (χ1v) is 9.83. The number of Topliss-reactive ketones (excluding diaryl/α,β-unsaturated/α-hetero) is 1. The van der Waals surface area contributed by atoms with Crippen molar-refractivity contribution >= 4 is 23.1 Å². The summed E-state index contributed by atoms with van der Waals surface area (Å²) in [6, 6.07) is 18.6. The molecule has 0 aliphatic carbocycles. The van der Waals surface area contributed by atoms with Gasteiger partial charge >= 0.3 is 0 Å². The largest absolute Gasteiger partial charge is 0.508 e. The molecule has 0 spiro atoms. The van der Waals surface area contributed by atoms with Crippen LogP contribution in [0.2, 0.25) is 0 Å². The Bertz CT molecular complexity index is 1200. The second-order valence-corrected chi connectivity index (χ2v) is 7.17. The zero-order valence-corrected chi connectivity index (χ0v) is 17.5. The molecule has 7 heteroatoms. The quantitative estimate of drug-likeness (QED) is 0.360. The number of carbonyl (C=O) groups excluding carboxylic acids is 2. The first kappa shape index (κ1) is 21.0. The van der Waals surface area contributed by atoms with Gasteiger partial charge < -0.3 is 19.7 Å². The molecule has 1 atom stereocenters. The molecular formula is C25H21NO6. The number of phenols is 1. The number of benzene rings is 3. The van der Waals surface area contributed by atoms with Gasteiger partial charge in [-0.3, -0.25) is 14.5 Å². The van der Waals surface area contributed by atoms with E-state index in [9.17, 15) is 19.8 Å². The number of aliphatic hydroxyl groups is 1. The smallest absolute Gasteiger partial charge is 0.300 e. The van der Waals surface area contributed by atoms with Gasteiger partial charge in [-0.15, -0.1) is 0 Å². The maximum atomic E-state index is 13.1. The Morgan fingerprint density at radius 1 is 0.875 bits per heavy atom. The Kier molecular flexibility index (Phi) is 5.55. The van der Waals surface area contributed by atoms with Crippen LogP contribution in [0.1, 0.15) is 17.2 Å². The van der Waals surface area contributed by atoms with E-state index in [0.29, 0.717) is 28.3 Å². The molecule has 0 saturated carbocycles. The minimum absolute atomic E-state index is 0.0253. The van der Waals surface area contributed by atoms with E-state index in [0.717, 1.165) is 0 Å². The summed E-state index contributed by atoms with van der Waals surface area (Å²) in [6.07, 6.45) is 0. The lowest BCUT2D eigenvalue weighted by Gasteiger charge is -2.26. The van der Waals surface area contributed by atoms with Crippen LogP contribution in [0.15, 0.2) is 78.4 Å². The van der Waals surface area contributed by atoms with Gasteiger partial charge in [0.15, 0.2) is 11.5 Å². The number of methoxy groups -OCH3 is 2. The number of ketones is 1. The number of rotatable bonds is 5. The third-order valence-electron chi connectivity index (χ3n) is 5.34. The van der Waals surface area contributed by atoms with Crippen LogP contribution in [-0.4, -0.2) is 36.1 Å². The first-order chi connectivity index (χ1) is 15.5. The fourth-order valence-corrected chi connectivity index (χ4v) is 3.80. The number of hydrogen-bond acceptors (Lipinski definition) is 6. The molecule has 3 aromatic rings. The lowest BCUT2D eigenvalue weighted by atomic mass is 9.94. The molecule has 1 heterocycles. The molecule has 1 amide bonds. The van der Waals surface area contributed by atoms with E-state index in [-0.39, 0.29) is 17.1 Å². The Labute approximate surface area is 184 Å². The van der Waals surface area contributed by atoms with Crippen LogP contribution >= 0.6 is 0 Å². The molecule has 0 bridgehead atoms. The highest BCUT2D eigenvalue weighted by Gasteiger charge is 2.47. The maximum Gasteiger partial charge on any atom is 0.300 e. The van der Waals surface area contributed by atoms with Crippen LogP contribution in [0.5, 0.6) is 17.2 Å². The van der Waals surface area contributed by atoms with Crippen molar-refractivity contribution in [3.8, 4) is 17.2 Å². The zero-order valence-electron chi connectivity index (χ0n) is 17.5. The second-order valence-electron chi connectivity index (χ2n) is 7.17. The molecule has 1 aliphatic rings. The number of aromatic hydroxyl groups is 1. The van der Waals surface area contributed by atoms with Gasteiger partial charge in [-0.1, -0.05) is 36.4 Å². The predicted molar refractivity (Wildman–Crippen MR) is 119 cm³/mol. The van der Waals surface area contributed by atoms with Gasteiger partial charge in [0.25, 0.3) is 11.7 Å². The number of amides is 1. The number of phenolic OH excluding ortho intramolecular Hbond substituents is 1. The number of aliphatic hydroxyl groups excluding tert-OH is 1. The van der Waals surface area contributed by atoms with Gasteiger partial charge in [-0.25, -0.2) is 0 Å². The summed E-state index contributed by atoms with van der Waals surface area (Å²) in [5.74, 6) is -0.934. The SMILES string of the molecule is COc1ccc([C@@H]2/C(=C(\O)c3ccccc3)C(=O)C(=O)N2c2ccc(O)cc2)cc1OC. The highest BCUT2D eigenvalue weighted by atomic mass is 16.5. The van der Waals surface area contributed by atoms with Crippen molar-refractivity contribution in [2.24, 2.45) is 0 Å². The number of anilines is 1. The molecule has 7 nitrogen and oxygen atoms in total. The Morgan fingerprint density at radius 2 is 1.53 bits per heavy atom. The number of carbonyl (C=O) groups is 2. The number of hydrogen-bond donors (Lipinski definition) is 2. The first-order valence-electron chi connectivity index (χ1n) is 9.83. The van der Waals surface area contributed by atoms with Crippen molar-refractivity contribution in [3.63, 3.8) is 0 Å². The summed E-state index contributed by atoms with van der Waals surface area (Å²) in [5, 5.41) is 20.7. The summed E-state index contributed by atoms with van der Waals surface area (Å²) < 4.78 is 10.7. The maximum absolute atomic E-state index is 13.1. The highest BCUT2D eigenvalue weighted by molar-refractivity contribution is 6.51. The molecule has 2 N–H and O–H groups in total. The molecule has 1 fully saturated rings. The fraction of sp³-hybridized carbons (Fsp3) is 0.120. The minimum Gasteiger partial charge on any atom is -0.508 e. The molecule has 0 radical (unpaired) electrons. The van der Waals surface area contributed by atoms with Crippen LogP contribution in [0.4, 0.5) is 5.69 Å². The Morgan fingerprint density at radius 3 is 2.16 bits per heavy atom. The zero-order chi connectivity index (χ0) is 22.8. The minimum atomic E-state index is -0.917. The summed E-state index contributed by atoms with van der Waals surface area (Å²) in [5.41, 5.74) is 1.33. The van der Waals surface area contributed by atoms with Crippen LogP contribution < -0.4 is 14.4 Å². The summed E-state index contributed by atoms with van der Waals surface area (Å²) in [4.78, 5) is 27.5. The van der Waals surface area contributed by atoms with Gasteiger partial charge in [0.1, 0.15) is 11.5 Å². The predicted octanol–water partition coefficient (Wildman–Crippen LogP) is 4.04. The van der Waals surface area contributed by atoms with Gasteiger partial charge in [0, 0.05) is 11.3 Å². The lowest BCUT2D eigenvalue weighted by Crippen LogP contribution is -2.29. The second kappa shape index (κ2) is 8.47. The van der Waals surface area contributed by atoms with Crippen molar-refractivity contribution in [2.75, 3.05) is 19.1 Å². The van der Waals surface area contributed by atoms with E-state index in [1.54, 1.807) is 48.5 Å². The monoisotopic (exact) mass is 431 g/mol. The highest BCUT2D eigenvalue weighted by Crippen LogP contribution is 2.44. The summed E-state index contributed by atoms with van der Waals surface area (Å²) >= 11 is 0. The van der Waals surface area contributed by atoms with Crippen molar-refractivity contribution in [1.29, 1.82) is 0 Å². The molecular weight excluding hydrogens is 410 g/mol. The van der Waals surface area contributed by atoms with Crippen LogP contribution in [0, 0.1) is 0 Å². The van der Waals surface area contributed by atoms with Crippen molar-refractivity contribution in [2.45, 2.75) is 6.04 Å². The molecule has 4 rings (SSSR count). The van der Waals surface area contributed by atoms with E-state index in [4.69, 9.17) is 9.47 Å². The fourth-order valence-electron chi connectivity index (χ4n) is 3.80. The van der Waals surface area contributed by atoms with Crippen LogP contribution in [0.25, 0.3) is 5.76 Å². The van der Waals surface area contributed by atoms with Gasteiger partial charge in [-0.2, -0.15) is 0 Å². The lowest BCUT2D eigenvalue weighted by molar-refractivity contribution is -0.132. The average Bonchev–Trinajstić information content (AvgIpc) is 3.09. The molecule has 162 valence electrons. The van der Waals surface area contributed by atoms with Gasteiger partial charge in [0.05, 0.1) is 25.8 Å². The molecule has 0 unspecified atom stereocenters. The van der Waals surface area contributed by atoms with Crippen molar-refractivity contribution in [1.82, 2.24) is 0 Å². The van der Waals surface area contributed by atoms with Crippen LogP contribution in [-0.2, 0) is 9.59 Å². The van der Waals surface area contributed by atoms with E-state index in [1.807, 2.05) is 0 Å². The van der Waals surface area contributed by atoms with Gasteiger partial charge in [-0.05, 0) is 42.0 Å². The molecule has 1 saturated heterocycles. The Balaban J connectivity index is 1.96. The topological polar surface area (TPSA) is 96.3 Å². The Hall–Kier alpha value is -4.26. The summed E-state index contributed by atoms with van der Waals surface area (Å²) in [6.45, 7) is 0. The summed E-state index contributed by atoms with van der Waals surface area (Å²) in [7, 11) is 3.00. The van der Waals surface area contributed by atoms with E-state index in [2.05, 4.69) is 0 Å². The van der Waals surface area contributed by atoms with Crippen molar-refractivity contribution < 1.29 is 29.3 Å². The molecule has 0 aromatic heterocycles. The van der Waals surface area contributed by atoms with Gasteiger partial charge in [0.2, 0.25) is 0 Å². The number of ether oxygens (including phenoxy) is 2. The molecule has 3 aromatic carbocycles. The van der Waals surface area contributed by atoms with E-state index >= 15 is 0 Å². The van der Waals surface area contributed by atoms with Crippen molar-refractivity contribution in [3.05, 3.63) is 89.5 Å². The average molecular weight is 431 g/mol. The van der Waals surface area contributed by atoms with Crippen LogP contribution in [0.3, 0.4) is 0 Å². The normalized spacial score (nSPS) is 17.4. The third-order valence-corrected chi connectivity index (χ3v) is 5.34.